The lowest BCUT2D eigenvalue weighted by Gasteiger charge is -2.16. The Morgan fingerprint density at radius 1 is 1.27 bits per heavy atom. The van der Waals surface area contributed by atoms with E-state index in [1.807, 2.05) is 13.8 Å². The molecule has 3 rings (SSSR count). The van der Waals surface area contributed by atoms with Crippen LogP contribution in [0, 0.1) is 25.2 Å². The van der Waals surface area contributed by atoms with E-state index in [4.69, 9.17) is 0 Å². The topological polar surface area (TPSA) is 90.3 Å². The number of thiophene rings is 1. The van der Waals surface area contributed by atoms with Gasteiger partial charge in [0.2, 0.25) is 10.0 Å². The molecular formula is C18H19N3O3S2. The number of hydrogen-bond donors (Lipinski definition) is 1. The summed E-state index contributed by atoms with van der Waals surface area (Å²) in [4.78, 5) is 13.6. The molecule has 1 aliphatic carbocycles. The SMILES string of the molecule is Cc1sc(NC(=O)c2ccc(S(=O)(=O)N(C)C3CC3)cc2)c(C#N)c1C. The molecule has 0 aliphatic heterocycles. The largest absolute Gasteiger partial charge is 0.312 e. The number of aryl methyl sites for hydroxylation is 1. The van der Waals surface area contributed by atoms with Gasteiger partial charge in [0.15, 0.2) is 0 Å². The molecule has 6 nitrogen and oxygen atoms in total. The number of carbonyl (C=O) groups excluding carboxylic acids is 1. The van der Waals surface area contributed by atoms with Gasteiger partial charge >= 0.3 is 0 Å². The van der Waals surface area contributed by atoms with E-state index >= 15 is 0 Å². The minimum atomic E-state index is -3.53. The molecule has 1 amide bonds. The van der Waals surface area contributed by atoms with E-state index in [0.29, 0.717) is 16.1 Å². The van der Waals surface area contributed by atoms with Gasteiger partial charge in [0, 0.05) is 23.5 Å². The Morgan fingerprint density at radius 2 is 1.88 bits per heavy atom. The van der Waals surface area contributed by atoms with E-state index in [0.717, 1.165) is 23.3 Å². The lowest BCUT2D eigenvalue weighted by Crippen LogP contribution is -2.29. The number of nitrogens with zero attached hydrogens (tertiary/aromatic N) is 2. The summed E-state index contributed by atoms with van der Waals surface area (Å²) in [6, 6.07) is 8.06. The van der Waals surface area contributed by atoms with Crippen molar-refractivity contribution in [3.05, 3.63) is 45.8 Å². The van der Waals surface area contributed by atoms with Crippen LogP contribution in [0.3, 0.4) is 0 Å². The Labute approximate surface area is 157 Å². The summed E-state index contributed by atoms with van der Waals surface area (Å²) in [6.07, 6.45) is 1.77. The highest BCUT2D eigenvalue weighted by Gasteiger charge is 2.35. The Balaban J connectivity index is 1.80. The normalized spacial score (nSPS) is 14.3. The van der Waals surface area contributed by atoms with Gasteiger partial charge in [-0.15, -0.1) is 11.3 Å². The highest BCUT2D eigenvalue weighted by atomic mass is 32.2. The summed E-state index contributed by atoms with van der Waals surface area (Å²) in [5.74, 6) is -0.373. The average molecular weight is 390 g/mol. The Morgan fingerprint density at radius 3 is 2.42 bits per heavy atom. The predicted molar refractivity (Wildman–Crippen MR) is 101 cm³/mol. The summed E-state index contributed by atoms with van der Waals surface area (Å²) in [5, 5.41) is 12.5. The Kier molecular flexibility index (Phi) is 4.88. The fourth-order valence-corrected chi connectivity index (χ4v) is 5.03. The monoisotopic (exact) mass is 389 g/mol. The zero-order chi connectivity index (χ0) is 19.1. The van der Waals surface area contributed by atoms with E-state index in [-0.39, 0.29) is 16.8 Å². The van der Waals surface area contributed by atoms with Crippen LogP contribution in [0.4, 0.5) is 5.00 Å². The molecule has 2 aromatic rings. The van der Waals surface area contributed by atoms with Gasteiger partial charge in [-0.3, -0.25) is 4.79 Å². The van der Waals surface area contributed by atoms with Gasteiger partial charge in [-0.05, 0) is 56.5 Å². The minimum Gasteiger partial charge on any atom is -0.312 e. The van der Waals surface area contributed by atoms with Crippen LogP contribution in [0.15, 0.2) is 29.2 Å². The number of benzene rings is 1. The van der Waals surface area contributed by atoms with Crippen LogP contribution in [0.5, 0.6) is 0 Å². The second-order valence-electron chi connectivity index (χ2n) is 6.33. The molecule has 8 heteroatoms. The standard InChI is InChI=1S/C18H19N3O3S2/c1-11-12(2)25-18(16(11)10-19)20-17(22)13-4-8-15(9-5-13)26(23,24)21(3)14-6-7-14/h4-5,8-9,14H,6-7H2,1-3H3,(H,20,22). The first-order chi connectivity index (χ1) is 12.3. The molecule has 1 aromatic heterocycles. The lowest BCUT2D eigenvalue weighted by molar-refractivity contribution is 0.102. The maximum atomic E-state index is 12.5. The zero-order valence-electron chi connectivity index (χ0n) is 14.7. The summed E-state index contributed by atoms with van der Waals surface area (Å²) < 4.78 is 26.4. The van der Waals surface area contributed by atoms with Crippen molar-refractivity contribution >= 4 is 32.3 Å². The molecule has 1 aromatic carbocycles. The van der Waals surface area contributed by atoms with E-state index < -0.39 is 10.0 Å². The quantitative estimate of drug-likeness (QED) is 0.850. The van der Waals surface area contributed by atoms with Crippen molar-refractivity contribution < 1.29 is 13.2 Å². The number of anilines is 1. The van der Waals surface area contributed by atoms with Crippen LogP contribution in [0.25, 0.3) is 0 Å². The molecule has 1 heterocycles. The third-order valence-electron chi connectivity index (χ3n) is 4.58. The zero-order valence-corrected chi connectivity index (χ0v) is 16.4. The smallest absolute Gasteiger partial charge is 0.256 e. The van der Waals surface area contributed by atoms with Crippen molar-refractivity contribution in [1.29, 1.82) is 5.26 Å². The molecule has 136 valence electrons. The molecule has 0 spiro atoms. The summed E-state index contributed by atoms with van der Waals surface area (Å²) in [7, 11) is -1.95. The van der Waals surface area contributed by atoms with Crippen LogP contribution in [0.2, 0.25) is 0 Å². The first-order valence-electron chi connectivity index (χ1n) is 8.15. The summed E-state index contributed by atoms with van der Waals surface area (Å²) >= 11 is 1.35. The third-order valence-corrected chi connectivity index (χ3v) is 7.63. The molecule has 1 saturated carbocycles. The molecule has 1 aliphatic rings. The van der Waals surface area contributed by atoms with Crippen LogP contribution < -0.4 is 5.32 Å². The maximum absolute atomic E-state index is 12.5. The van der Waals surface area contributed by atoms with Gasteiger partial charge in [0.1, 0.15) is 11.1 Å². The van der Waals surface area contributed by atoms with Crippen molar-refractivity contribution in [2.45, 2.75) is 37.6 Å². The van der Waals surface area contributed by atoms with Crippen LogP contribution in [-0.2, 0) is 10.0 Å². The van der Waals surface area contributed by atoms with Crippen molar-refractivity contribution in [1.82, 2.24) is 4.31 Å². The number of hydrogen-bond acceptors (Lipinski definition) is 5. The maximum Gasteiger partial charge on any atom is 0.256 e. The van der Waals surface area contributed by atoms with Gasteiger partial charge < -0.3 is 5.32 Å². The number of rotatable bonds is 5. The van der Waals surface area contributed by atoms with Gasteiger partial charge in [-0.25, -0.2) is 8.42 Å². The van der Waals surface area contributed by atoms with E-state index in [1.54, 1.807) is 7.05 Å². The Bertz CT molecular complexity index is 998. The van der Waals surface area contributed by atoms with Crippen LogP contribution >= 0.6 is 11.3 Å². The molecule has 0 radical (unpaired) electrons. The van der Waals surface area contributed by atoms with E-state index in [1.165, 1.54) is 39.9 Å². The first kappa shape index (κ1) is 18.6. The number of nitrogens with one attached hydrogen (secondary N) is 1. The molecule has 0 atom stereocenters. The molecular weight excluding hydrogens is 370 g/mol. The van der Waals surface area contributed by atoms with Gasteiger partial charge in [-0.1, -0.05) is 0 Å². The highest BCUT2D eigenvalue weighted by molar-refractivity contribution is 7.89. The number of sulfonamides is 1. The number of nitriles is 1. The predicted octanol–water partition coefficient (Wildman–Crippen LogP) is 3.27. The second kappa shape index (κ2) is 6.83. The molecule has 1 N–H and O–H groups in total. The van der Waals surface area contributed by atoms with Crippen molar-refractivity contribution in [2.75, 3.05) is 12.4 Å². The molecule has 0 unspecified atom stereocenters. The third kappa shape index (κ3) is 3.38. The first-order valence-corrected chi connectivity index (χ1v) is 10.4. The second-order valence-corrected chi connectivity index (χ2v) is 9.55. The van der Waals surface area contributed by atoms with Crippen molar-refractivity contribution in [3.8, 4) is 6.07 Å². The number of carbonyl (C=O) groups is 1. The van der Waals surface area contributed by atoms with Crippen molar-refractivity contribution in [3.63, 3.8) is 0 Å². The summed E-state index contributed by atoms with van der Waals surface area (Å²) in [6.45, 7) is 3.74. The van der Waals surface area contributed by atoms with Crippen LogP contribution in [0.1, 0.15) is 39.2 Å². The Hall–Kier alpha value is -2.21. The number of amides is 1. The van der Waals surface area contributed by atoms with Crippen molar-refractivity contribution in [2.24, 2.45) is 0 Å². The molecule has 1 fully saturated rings. The summed E-state index contributed by atoms with van der Waals surface area (Å²) in [5.41, 5.74) is 1.66. The fraction of sp³-hybridized carbons (Fsp3) is 0.333. The average Bonchev–Trinajstić information content (AvgIpc) is 3.42. The molecule has 0 bridgehead atoms. The molecule has 0 saturated heterocycles. The van der Waals surface area contributed by atoms with Gasteiger partial charge in [-0.2, -0.15) is 9.57 Å². The molecule has 26 heavy (non-hydrogen) atoms. The lowest BCUT2D eigenvalue weighted by atomic mass is 10.2. The highest BCUT2D eigenvalue weighted by Crippen LogP contribution is 2.32. The van der Waals surface area contributed by atoms with Gasteiger partial charge in [0.05, 0.1) is 10.5 Å². The van der Waals surface area contributed by atoms with E-state index in [9.17, 15) is 18.5 Å². The van der Waals surface area contributed by atoms with E-state index in [2.05, 4.69) is 11.4 Å². The van der Waals surface area contributed by atoms with Crippen LogP contribution in [-0.4, -0.2) is 31.7 Å². The fourth-order valence-electron chi connectivity index (χ4n) is 2.60. The van der Waals surface area contributed by atoms with Gasteiger partial charge in [0.25, 0.3) is 5.91 Å². The minimum absolute atomic E-state index is 0.0812.